The number of halogens is 2. The van der Waals surface area contributed by atoms with Crippen LogP contribution in [-0.2, 0) is 17.8 Å². The standard InChI is InChI=1S/C19H20FIN6OS/c1-2-15(28)23-5-6-27-18-16(17(22)24-9-25-18)26-19(27)29-14-8-11-10(7-13(14)21)3-4-12(11)20/h7-9,12H,2-6H2,1H3,(H,23,28)(H2,22,24,25). The molecule has 29 heavy (non-hydrogen) atoms. The minimum Gasteiger partial charge on any atom is -0.382 e. The van der Waals surface area contributed by atoms with E-state index in [2.05, 4.69) is 48.9 Å². The molecule has 152 valence electrons. The van der Waals surface area contributed by atoms with Crippen LogP contribution in [0.15, 0.2) is 28.5 Å². The lowest BCUT2D eigenvalue weighted by Crippen LogP contribution is -2.26. The van der Waals surface area contributed by atoms with Gasteiger partial charge in [0.15, 0.2) is 22.1 Å². The fraction of sp³-hybridized carbons (Fsp3) is 0.368. The Bertz CT molecular complexity index is 1090. The molecule has 4 rings (SSSR count). The Kier molecular flexibility index (Phi) is 5.91. The first-order chi connectivity index (χ1) is 14.0. The Labute approximate surface area is 185 Å². The van der Waals surface area contributed by atoms with E-state index in [0.717, 1.165) is 26.0 Å². The number of nitrogen functional groups attached to an aromatic ring is 1. The van der Waals surface area contributed by atoms with Crippen LogP contribution >= 0.6 is 34.4 Å². The zero-order valence-electron chi connectivity index (χ0n) is 15.8. The molecular formula is C19H20FIN6OS. The summed E-state index contributed by atoms with van der Waals surface area (Å²) in [5, 5.41) is 3.55. The largest absolute Gasteiger partial charge is 0.382 e. The van der Waals surface area contributed by atoms with Crippen LogP contribution < -0.4 is 11.1 Å². The summed E-state index contributed by atoms with van der Waals surface area (Å²) in [7, 11) is 0. The molecule has 0 bridgehead atoms. The number of carbonyl (C=O) groups is 1. The third kappa shape index (κ3) is 4.04. The topological polar surface area (TPSA) is 98.7 Å². The Morgan fingerprint density at radius 1 is 1.45 bits per heavy atom. The van der Waals surface area contributed by atoms with Crippen LogP contribution in [0, 0.1) is 3.57 Å². The van der Waals surface area contributed by atoms with E-state index in [1.165, 1.54) is 18.1 Å². The number of carbonyl (C=O) groups excluding carboxylic acids is 1. The molecule has 0 radical (unpaired) electrons. The zero-order valence-corrected chi connectivity index (χ0v) is 18.8. The number of nitrogens with one attached hydrogen (secondary N) is 1. The number of imidazole rings is 1. The van der Waals surface area contributed by atoms with Crippen molar-refractivity contribution in [2.24, 2.45) is 0 Å². The summed E-state index contributed by atoms with van der Waals surface area (Å²) >= 11 is 3.73. The molecule has 1 aliphatic carbocycles. The van der Waals surface area contributed by atoms with Crippen LogP contribution in [0.3, 0.4) is 0 Å². The number of anilines is 1. The molecule has 1 amide bonds. The van der Waals surface area contributed by atoms with Gasteiger partial charge in [-0.05, 0) is 58.7 Å². The van der Waals surface area contributed by atoms with Crippen molar-refractivity contribution in [2.75, 3.05) is 12.3 Å². The highest BCUT2D eigenvalue weighted by Crippen LogP contribution is 2.41. The number of hydrogen-bond donors (Lipinski definition) is 2. The summed E-state index contributed by atoms with van der Waals surface area (Å²) in [5.74, 6) is 0.292. The third-order valence-electron chi connectivity index (χ3n) is 4.90. The van der Waals surface area contributed by atoms with E-state index in [1.807, 2.05) is 17.6 Å². The SMILES string of the molecule is CCC(=O)NCCn1c(Sc2cc3c(cc2I)CCC3F)nc2c(N)ncnc21. The molecule has 1 aliphatic rings. The second kappa shape index (κ2) is 8.42. The number of nitrogens with two attached hydrogens (primary N) is 1. The molecule has 0 saturated heterocycles. The van der Waals surface area contributed by atoms with Crippen LogP contribution in [0.4, 0.5) is 10.2 Å². The van der Waals surface area contributed by atoms with Gasteiger partial charge in [0, 0.05) is 28.0 Å². The number of amides is 1. The van der Waals surface area contributed by atoms with E-state index >= 15 is 0 Å². The Morgan fingerprint density at radius 2 is 2.28 bits per heavy atom. The van der Waals surface area contributed by atoms with Gasteiger partial charge in [0.2, 0.25) is 5.91 Å². The smallest absolute Gasteiger partial charge is 0.219 e. The van der Waals surface area contributed by atoms with Gasteiger partial charge < -0.3 is 15.6 Å². The minimum atomic E-state index is -0.911. The van der Waals surface area contributed by atoms with Crippen molar-refractivity contribution in [1.82, 2.24) is 24.8 Å². The predicted octanol–water partition coefficient (Wildman–Crippen LogP) is 3.65. The van der Waals surface area contributed by atoms with Crippen molar-refractivity contribution in [1.29, 1.82) is 0 Å². The Hall–Kier alpha value is -1.95. The first kappa shape index (κ1) is 20.3. The molecule has 2 heterocycles. The van der Waals surface area contributed by atoms with E-state index in [4.69, 9.17) is 5.73 Å². The summed E-state index contributed by atoms with van der Waals surface area (Å²) in [6.45, 7) is 2.75. The van der Waals surface area contributed by atoms with Gasteiger partial charge in [-0.15, -0.1) is 0 Å². The number of rotatable bonds is 6. The average molecular weight is 526 g/mol. The molecule has 1 atom stereocenters. The molecule has 0 fully saturated rings. The fourth-order valence-electron chi connectivity index (χ4n) is 3.38. The lowest BCUT2D eigenvalue weighted by Gasteiger charge is -2.11. The van der Waals surface area contributed by atoms with E-state index < -0.39 is 6.17 Å². The number of alkyl halides is 1. The van der Waals surface area contributed by atoms with Crippen molar-refractivity contribution >= 4 is 57.2 Å². The lowest BCUT2D eigenvalue weighted by molar-refractivity contribution is -0.120. The van der Waals surface area contributed by atoms with E-state index in [9.17, 15) is 9.18 Å². The van der Waals surface area contributed by atoms with Gasteiger partial charge in [0.1, 0.15) is 12.5 Å². The van der Waals surface area contributed by atoms with Crippen molar-refractivity contribution in [3.63, 3.8) is 0 Å². The summed E-state index contributed by atoms with van der Waals surface area (Å²) < 4.78 is 17.2. The number of fused-ring (bicyclic) bond motifs is 2. The summed E-state index contributed by atoms with van der Waals surface area (Å²) in [6, 6.07) is 3.98. The van der Waals surface area contributed by atoms with Gasteiger partial charge >= 0.3 is 0 Å². The van der Waals surface area contributed by atoms with Crippen LogP contribution in [0.5, 0.6) is 0 Å². The van der Waals surface area contributed by atoms with Crippen LogP contribution in [0.25, 0.3) is 11.2 Å². The van der Waals surface area contributed by atoms with E-state index in [0.29, 0.717) is 48.1 Å². The number of benzene rings is 1. The van der Waals surface area contributed by atoms with Crippen molar-refractivity contribution < 1.29 is 9.18 Å². The van der Waals surface area contributed by atoms with Gasteiger partial charge in [-0.1, -0.05) is 18.7 Å². The van der Waals surface area contributed by atoms with Crippen LogP contribution in [0.2, 0.25) is 0 Å². The average Bonchev–Trinajstić information content (AvgIpc) is 3.24. The molecule has 1 aromatic carbocycles. The number of hydrogen-bond acceptors (Lipinski definition) is 6. The fourth-order valence-corrected chi connectivity index (χ4v) is 5.20. The highest BCUT2D eigenvalue weighted by molar-refractivity contribution is 14.1. The van der Waals surface area contributed by atoms with Gasteiger partial charge in [-0.25, -0.2) is 19.3 Å². The predicted molar refractivity (Wildman–Crippen MR) is 118 cm³/mol. The maximum absolute atomic E-state index is 14.2. The second-order valence-electron chi connectivity index (χ2n) is 6.77. The molecule has 10 heteroatoms. The molecule has 0 saturated carbocycles. The van der Waals surface area contributed by atoms with Crippen molar-refractivity contribution in [3.05, 3.63) is 33.2 Å². The quantitative estimate of drug-likeness (QED) is 0.476. The molecule has 2 aromatic heterocycles. The van der Waals surface area contributed by atoms with E-state index in [-0.39, 0.29) is 5.91 Å². The molecule has 0 aliphatic heterocycles. The molecule has 3 N–H and O–H groups in total. The monoisotopic (exact) mass is 526 g/mol. The molecule has 7 nitrogen and oxygen atoms in total. The summed E-state index contributed by atoms with van der Waals surface area (Å²) in [5.41, 5.74) is 8.98. The highest BCUT2D eigenvalue weighted by Gasteiger charge is 2.24. The maximum Gasteiger partial charge on any atom is 0.219 e. The first-order valence-corrected chi connectivity index (χ1v) is 11.2. The molecule has 0 spiro atoms. The number of aromatic nitrogens is 4. The Balaban J connectivity index is 1.70. The van der Waals surface area contributed by atoms with Crippen LogP contribution in [-0.4, -0.2) is 32.0 Å². The Morgan fingerprint density at radius 3 is 3.07 bits per heavy atom. The normalized spacial score (nSPS) is 15.6. The van der Waals surface area contributed by atoms with Gasteiger partial charge in [0.05, 0.1) is 0 Å². The highest BCUT2D eigenvalue weighted by atomic mass is 127. The lowest BCUT2D eigenvalue weighted by atomic mass is 10.1. The van der Waals surface area contributed by atoms with Gasteiger partial charge in [-0.2, -0.15) is 0 Å². The van der Waals surface area contributed by atoms with Crippen molar-refractivity contribution in [2.45, 2.75) is 49.0 Å². The second-order valence-corrected chi connectivity index (χ2v) is 8.94. The minimum absolute atomic E-state index is 0.0140. The molecule has 3 aromatic rings. The maximum atomic E-state index is 14.2. The van der Waals surface area contributed by atoms with E-state index in [1.54, 1.807) is 0 Å². The number of aryl methyl sites for hydroxylation is 1. The zero-order chi connectivity index (χ0) is 20.5. The first-order valence-electron chi connectivity index (χ1n) is 9.35. The van der Waals surface area contributed by atoms with Crippen LogP contribution in [0.1, 0.15) is 37.1 Å². The van der Waals surface area contributed by atoms with Gasteiger partial charge in [-0.3, -0.25) is 4.79 Å². The molecule has 1 unspecified atom stereocenters. The summed E-state index contributed by atoms with van der Waals surface area (Å²) in [4.78, 5) is 25.5. The number of nitrogens with zero attached hydrogens (tertiary/aromatic N) is 4. The molecular weight excluding hydrogens is 506 g/mol. The summed E-state index contributed by atoms with van der Waals surface area (Å²) in [6.07, 6.45) is 2.24. The van der Waals surface area contributed by atoms with Gasteiger partial charge in [0.25, 0.3) is 0 Å². The third-order valence-corrected chi connectivity index (χ3v) is 7.21. The van der Waals surface area contributed by atoms with Crippen molar-refractivity contribution in [3.8, 4) is 0 Å².